The second-order valence-corrected chi connectivity index (χ2v) is 4.54. The molecule has 1 heterocycles. The molecule has 16 heavy (non-hydrogen) atoms. The molecule has 0 aliphatic heterocycles. The SMILES string of the molecule is OC(Cc1ccc(Br)cc1)c1ccncc1. The number of aliphatic hydroxyl groups excluding tert-OH is 1. The van der Waals surface area contributed by atoms with Gasteiger partial charge in [-0.2, -0.15) is 0 Å². The lowest BCUT2D eigenvalue weighted by Gasteiger charge is -2.10. The molecule has 0 aliphatic carbocycles. The van der Waals surface area contributed by atoms with Crippen LogP contribution in [0.2, 0.25) is 0 Å². The topological polar surface area (TPSA) is 33.1 Å². The van der Waals surface area contributed by atoms with E-state index in [-0.39, 0.29) is 0 Å². The van der Waals surface area contributed by atoms with Crippen LogP contribution in [-0.2, 0) is 6.42 Å². The third kappa shape index (κ3) is 2.90. The molecule has 1 aromatic carbocycles. The molecular formula is C13H12BrNO. The van der Waals surface area contributed by atoms with Gasteiger partial charge in [-0.15, -0.1) is 0 Å². The predicted molar refractivity (Wildman–Crippen MR) is 67.0 cm³/mol. The predicted octanol–water partition coefficient (Wildman–Crippen LogP) is 3.12. The molecule has 0 fully saturated rings. The van der Waals surface area contributed by atoms with Crippen LogP contribution < -0.4 is 0 Å². The quantitative estimate of drug-likeness (QED) is 0.935. The van der Waals surface area contributed by atoms with E-state index in [2.05, 4.69) is 20.9 Å². The van der Waals surface area contributed by atoms with Crippen LogP contribution >= 0.6 is 15.9 Å². The van der Waals surface area contributed by atoms with Gasteiger partial charge >= 0.3 is 0 Å². The molecule has 2 rings (SSSR count). The summed E-state index contributed by atoms with van der Waals surface area (Å²) >= 11 is 3.39. The van der Waals surface area contributed by atoms with E-state index in [4.69, 9.17) is 0 Å². The lowest BCUT2D eigenvalue weighted by atomic mass is 10.0. The zero-order valence-corrected chi connectivity index (χ0v) is 10.3. The van der Waals surface area contributed by atoms with Crippen molar-refractivity contribution in [2.75, 3.05) is 0 Å². The maximum atomic E-state index is 10.0. The minimum Gasteiger partial charge on any atom is -0.388 e. The van der Waals surface area contributed by atoms with E-state index >= 15 is 0 Å². The first-order valence-corrected chi connectivity index (χ1v) is 5.87. The lowest BCUT2D eigenvalue weighted by Crippen LogP contribution is -2.01. The van der Waals surface area contributed by atoms with E-state index in [1.807, 2.05) is 36.4 Å². The maximum Gasteiger partial charge on any atom is 0.0831 e. The molecule has 0 saturated carbocycles. The van der Waals surface area contributed by atoms with Gasteiger partial charge in [0.1, 0.15) is 0 Å². The summed E-state index contributed by atoms with van der Waals surface area (Å²) in [5.74, 6) is 0. The van der Waals surface area contributed by atoms with Gasteiger partial charge in [-0.25, -0.2) is 0 Å². The van der Waals surface area contributed by atoms with Crippen molar-refractivity contribution in [3.8, 4) is 0 Å². The highest BCUT2D eigenvalue weighted by molar-refractivity contribution is 9.10. The number of rotatable bonds is 3. The molecule has 0 saturated heterocycles. The average Bonchev–Trinajstić information content (AvgIpc) is 2.33. The monoisotopic (exact) mass is 277 g/mol. The molecule has 0 radical (unpaired) electrons. The summed E-state index contributed by atoms with van der Waals surface area (Å²) in [5.41, 5.74) is 2.02. The fourth-order valence-corrected chi connectivity index (χ4v) is 1.81. The normalized spacial score (nSPS) is 12.4. The van der Waals surface area contributed by atoms with Crippen LogP contribution in [-0.4, -0.2) is 10.1 Å². The van der Waals surface area contributed by atoms with Gasteiger partial charge in [-0.3, -0.25) is 4.98 Å². The van der Waals surface area contributed by atoms with Crippen LogP contribution in [0.3, 0.4) is 0 Å². The van der Waals surface area contributed by atoms with Crippen LogP contribution in [0.15, 0.2) is 53.3 Å². The molecule has 1 aromatic heterocycles. The Morgan fingerprint density at radius 1 is 1.06 bits per heavy atom. The first-order chi connectivity index (χ1) is 7.75. The summed E-state index contributed by atoms with van der Waals surface area (Å²) in [4.78, 5) is 3.93. The van der Waals surface area contributed by atoms with Crippen molar-refractivity contribution in [1.82, 2.24) is 4.98 Å². The standard InChI is InChI=1S/C13H12BrNO/c14-12-3-1-10(2-4-12)9-13(16)11-5-7-15-8-6-11/h1-8,13,16H,9H2. The van der Waals surface area contributed by atoms with E-state index in [9.17, 15) is 5.11 Å². The van der Waals surface area contributed by atoms with Crippen molar-refractivity contribution in [2.45, 2.75) is 12.5 Å². The Morgan fingerprint density at radius 2 is 1.69 bits per heavy atom. The fourth-order valence-electron chi connectivity index (χ4n) is 1.55. The first-order valence-electron chi connectivity index (χ1n) is 5.08. The van der Waals surface area contributed by atoms with Crippen LogP contribution in [0.25, 0.3) is 0 Å². The minimum absolute atomic E-state index is 0.468. The summed E-state index contributed by atoms with van der Waals surface area (Å²) in [6.45, 7) is 0. The number of halogens is 1. The molecule has 1 unspecified atom stereocenters. The smallest absolute Gasteiger partial charge is 0.0831 e. The summed E-state index contributed by atoms with van der Waals surface area (Å²) in [6, 6.07) is 11.7. The first kappa shape index (κ1) is 11.3. The highest BCUT2D eigenvalue weighted by atomic mass is 79.9. The number of hydrogen-bond donors (Lipinski definition) is 1. The molecule has 0 aliphatic rings. The molecule has 1 N–H and O–H groups in total. The van der Waals surface area contributed by atoms with Crippen molar-refractivity contribution >= 4 is 15.9 Å². The van der Waals surface area contributed by atoms with Crippen molar-refractivity contribution in [3.63, 3.8) is 0 Å². The Morgan fingerprint density at radius 3 is 2.31 bits per heavy atom. The van der Waals surface area contributed by atoms with E-state index in [0.29, 0.717) is 6.42 Å². The second kappa shape index (κ2) is 5.23. The van der Waals surface area contributed by atoms with Gasteiger partial charge in [0.15, 0.2) is 0 Å². The minimum atomic E-state index is -0.468. The number of aliphatic hydroxyl groups is 1. The Bertz CT molecular complexity index is 441. The van der Waals surface area contributed by atoms with Crippen LogP contribution in [0, 0.1) is 0 Å². The number of hydrogen-bond acceptors (Lipinski definition) is 2. The summed E-state index contributed by atoms with van der Waals surface area (Å²) in [5, 5.41) is 10.0. The Hall–Kier alpha value is -1.19. The van der Waals surface area contributed by atoms with Gasteiger partial charge in [-0.05, 0) is 35.4 Å². The average molecular weight is 278 g/mol. The van der Waals surface area contributed by atoms with Crippen molar-refractivity contribution < 1.29 is 5.11 Å². The van der Waals surface area contributed by atoms with Crippen LogP contribution in [0.4, 0.5) is 0 Å². The molecule has 3 heteroatoms. The number of aromatic nitrogens is 1. The molecular weight excluding hydrogens is 266 g/mol. The number of nitrogens with zero attached hydrogens (tertiary/aromatic N) is 1. The molecule has 0 spiro atoms. The van der Waals surface area contributed by atoms with Gasteiger partial charge in [-0.1, -0.05) is 28.1 Å². The highest BCUT2D eigenvalue weighted by Crippen LogP contribution is 2.18. The molecule has 1 atom stereocenters. The van der Waals surface area contributed by atoms with E-state index in [1.165, 1.54) is 0 Å². The van der Waals surface area contributed by atoms with E-state index in [0.717, 1.165) is 15.6 Å². The van der Waals surface area contributed by atoms with Gasteiger partial charge in [0, 0.05) is 23.3 Å². The number of benzene rings is 1. The van der Waals surface area contributed by atoms with Gasteiger partial charge in [0.2, 0.25) is 0 Å². The zero-order valence-electron chi connectivity index (χ0n) is 8.68. The van der Waals surface area contributed by atoms with E-state index < -0.39 is 6.10 Å². The molecule has 0 amide bonds. The van der Waals surface area contributed by atoms with E-state index in [1.54, 1.807) is 12.4 Å². The third-order valence-corrected chi connectivity index (χ3v) is 2.96. The van der Waals surface area contributed by atoms with Gasteiger partial charge in [0.05, 0.1) is 6.10 Å². The molecule has 2 aromatic rings. The third-order valence-electron chi connectivity index (χ3n) is 2.43. The summed E-state index contributed by atoms with van der Waals surface area (Å²) in [6.07, 6.45) is 3.54. The van der Waals surface area contributed by atoms with Crippen LogP contribution in [0.5, 0.6) is 0 Å². The van der Waals surface area contributed by atoms with Crippen molar-refractivity contribution in [3.05, 3.63) is 64.4 Å². The van der Waals surface area contributed by atoms with Gasteiger partial charge < -0.3 is 5.11 Å². The lowest BCUT2D eigenvalue weighted by molar-refractivity contribution is 0.178. The Kier molecular flexibility index (Phi) is 3.70. The second-order valence-electron chi connectivity index (χ2n) is 3.63. The van der Waals surface area contributed by atoms with Gasteiger partial charge in [0.25, 0.3) is 0 Å². The summed E-state index contributed by atoms with van der Waals surface area (Å²) < 4.78 is 1.05. The Balaban J connectivity index is 2.08. The molecule has 82 valence electrons. The largest absolute Gasteiger partial charge is 0.388 e. The zero-order chi connectivity index (χ0) is 11.4. The van der Waals surface area contributed by atoms with Crippen molar-refractivity contribution in [2.24, 2.45) is 0 Å². The van der Waals surface area contributed by atoms with Crippen LogP contribution in [0.1, 0.15) is 17.2 Å². The highest BCUT2D eigenvalue weighted by Gasteiger charge is 2.07. The molecule has 0 bridgehead atoms. The van der Waals surface area contributed by atoms with Crippen molar-refractivity contribution in [1.29, 1.82) is 0 Å². The number of pyridine rings is 1. The Labute approximate surface area is 103 Å². The fraction of sp³-hybridized carbons (Fsp3) is 0.154. The molecule has 2 nitrogen and oxygen atoms in total. The maximum absolute atomic E-state index is 10.0. The summed E-state index contributed by atoms with van der Waals surface area (Å²) in [7, 11) is 0.